The van der Waals surface area contributed by atoms with E-state index in [1.54, 1.807) is 7.11 Å². The molecule has 3 nitrogen and oxygen atoms in total. The van der Waals surface area contributed by atoms with Crippen molar-refractivity contribution in [2.45, 2.75) is 52.1 Å². The minimum absolute atomic E-state index is 0.0646. The Kier molecular flexibility index (Phi) is 3.41. The van der Waals surface area contributed by atoms with E-state index in [4.69, 9.17) is 14.2 Å². The second kappa shape index (κ2) is 4.62. The minimum Gasteiger partial charge on any atom is -0.493 e. The number of fused-ring (bicyclic) bond motifs is 1. The molecule has 2 rings (SSSR count). The van der Waals surface area contributed by atoms with Crippen LogP contribution >= 0.6 is 0 Å². The maximum Gasteiger partial charge on any atom is 0.164 e. The van der Waals surface area contributed by atoms with Gasteiger partial charge in [0.2, 0.25) is 0 Å². The van der Waals surface area contributed by atoms with E-state index < -0.39 is 0 Å². The van der Waals surface area contributed by atoms with Crippen molar-refractivity contribution in [3.63, 3.8) is 0 Å². The van der Waals surface area contributed by atoms with Crippen molar-refractivity contribution in [1.29, 1.82) is 0 Å². The first-order chi connectivity index (χ1) is 8.79. The molecule has 0 amide bonds. The Morgan fingerprint density at radius 3 is 2.42 bits per heavy atom. The van der Waals surface area contributed by atoms with Crippen LogP contribution in [-0.2, 0) is 5.41 Å². The second-order valence-electron chi connectivity index (χ2n) is 6.35. The van der Waals surface area contributed by atoms with Gasteiger partial charge in [0.05, 0.1) is 13.7 Å². The second-order valence-corrected chi connectivity index (χ2v) is 6.35. The lowest BCUT2D eigenvalue weighted by atomic mass is 9.73. The molecule has 0 N–H and O–H groups in total. The zero-order chi connectivity index (χ0) is 14.3. The smallest absolute Gasteiger partial charge is 0.164 e. The Bertz CT molecular complexity index is 475. The molecule has 106 valence electrons. The Labute approximate surface area is 115 Å². The Morgan fingerprint density at radius 1 is 1.16 bits per heavy atom. The summed E-state index contributed by atoms with van der Waals surface area (Å²) in [4.78, 5) is 0. The van der Waals surface area contributed by atoms with Crippen molar-refractivity contribution in [3.8, 4) is 17.2 Å². The number of hydrogen-bond acceptors (Lipinski definition) is 3. The van der Waals surface area contributed by atoms with Gasteiger partial charge < -0.3 is 14.2 Å². The normalized spacial score (nSPS) is 19.3. The molecule has 0 atom stereocenters. The number of benzene rings is 1. The highest BCUT2D eigenvalue weighted by Gasteiger charge is 2.39. The fraction of sp³-hybridized carbons (Fsp3) is 0.625. The van der Waals surface area contributed by atoms with Crippen molar-refractivity contribution in [1.82, 2.24) is 0 Å². The maximum atomic E-state index is 6.11. The summed E-state index contributed by atoms with van der Waals surface area (Å²) in [7, 11) is 1.67. The molecule has 0 spiro atoms. The van der Waals surface area contributed by atoms with Gasteiger partial charge in [0.15, 0.2) is 11.5 Å². The van der Waals surface area contributed by atoms with Gasteiger partial charge in [-0.25, -0.2) is 0 Å². The highest BCUT2D eigenvalue weighted by atomic mass is 16.5. The third-order valence-corrected chi connectivity index (χ3v) is 3.55. The van der Waals surface area contributed by atoms with Crippen LogP contribution in [0, 0.1) is 0 Å². The summed E-state index contributed by atoms with van der Waals surface area (Å²) in [5, 5.41) is 0. The van der Waals surface area contributed by atoms with E-state index in [0.29, 0.717) is 6.61 Å². The summed E-state index contributed by atoms with van der Waals surface area (Å²) in [5.74, 6) is 2.43. The van der Waals surface area contributed by atoms with Crippen molar-refractivity contribution < 1.29 is 14.2 Å². The summed E-state index contributed by atoms with van der Waals surface area (Å²) < 4.78 is 17.2. The van der Waals surface area contributed by atoms with E-state index in [9.17, 15) is 0 Å². The molecule has 0 radical (unpaired) electrons. The first-order valence-corrected chi connectivity index (χ1v) is 6.83. The Morgan fingerprint density at radius 2 is 1.84 bits per heavy atom. The van der Waals surface area contributed by atoms with E-state index in [1.807, 2.05) is 13.0 Å². The van der Waals surface area contributed by atoms with E-state index in [2.05, 4.69) is 33.8 Å². The molecular weight excluding hydrogens is 240 g/mol. The first kappa shape index (κ1) is 14.0. The lowest BCUT2D eigenvalue weighted by Gasteiger charge is -2.42. The highest BCUT2D eigenvalue weighted by Crippen LogP contribution is 2.48. The predicted octanol–water partition coefficient (Wildman–Crippen LogP) is 3.93. The summed E-state index contributed by atoms with van der Waals surface area (Å²) in [6, 6.07) is 4.01. The van der Waals surface area contributed by atoms with Crippen LogP contribution in [-0.4, -0.2) is 19.3 Å². The molecule has 1 heterocycles. The molecule has 1 aliphatic rings. The molecule has 0 aromatic heterocycles. The zero-order valence-corrected chi connectivity index (χ0v) is 12.8. The third kappa shape index (κ3) is 2.65. The maximum absolute atomic E-state index is 6.11. The van der Waals surface area contributed by atoms with Crippen molar-refractivity contribution in [2.24, 2.45) is 0 Å². The number of methoxy groups -OCH3 is 1. The number of hydrogen-bond donors (Lipinski definition) is 0. The number of rotatable bonds is 3. The molecule has 0 saturated heterocycles. The van der Waals surface area contributed by atoms with E-state index in [-0.39, 0.29) is 11.0 Å². The highest BCUT2D eigenvalue weighted by molar-refractivity contribution is 5.54. The zero-order valence-electron chi connectivity index (χ0n) is 12.8. The quantitative estimate of drug-likeness (QED) is 0.827. The molecule has 1 aromatic carbocycles. The average molecular weight is 264 g/mol. The third-order valence-electron chi connectivity index (χ3n) is 3.55. The summed E-state index contributed by atoms with van der Waals surface area (Å²) in [6.07, 6.45) is 0.976. The van der Waals surface area contributed by atoms with Gasteiger partial charge >= 0.3 is 0 Å². The van der Waals surface area contributed by atoms with Crippen molar-refractivity contribution in [3.05, 3.63) is 17.7 Å². The van der Waals surface area contributed by atoms with Gasteiger partial charge in [0.25, 0.3) is 0 Å². The molecule has 19 heavy (non-hydrogen) atoms. The Balaban J connectivity index is 2.54. The standard InChI is InChI=1S/C16H24O3/c1-7-18-14-9-12-11(8-13(14)17-6)15(2,3)10-16(4,5)19-12/h8-9H,7,10H2,1-6H3. The summed E-state index contributed by atoms with van der Waals surface area (Å²) in [6.45, 7) is 11.3. The molecular formula is C16H24O3. The Hall–Kier alpha value is -1.38. The van der Waals surface area contributed by atoms with Gasteiger partial charge in [-0.05, 0) is 38.7 Å². The van der Waals surface area contributed by atoms with Gasteiger partial charge in [-0.3, -0.25) is 0 Å². The van der Waals surface area contributed by atoms with Crippen LogP contribution in [0.5, 0.6) is 17.2 Å². The average Bonchev–Trinajstić information content (AvgIpc) is 2.26. The van der Waals surface area contributed by atoms with Crippen LogP contribution in [0.15, 0.2) is 12.1 Å². The van der Waals surface area contributed by atoms with Crippen LogP contribution in [0.25, 0.3) is 0 Å². The van der Waals surface area contributed by atoms with Crippen LogP contribution in [0.2, 0.25) is 0 Å². The molecule has 0 bridgehead atoms. The first-order valence-electron chi connectivity index (χ1n) is 6.83. The van der Waals surface area contributed by atoms with Gasteiger partial charge in [-0.2, -0.15) is 0 Å². The van der Waals surface area contributed by atoms with Gasteiger partial charge in [-0.1, -0.05) is 13.8 Å². The van der Waals surface area contributed by atoms with E-state index >= 15 is 0 Å². The van der Waals surface area contributed by atoms with Crippen molar-refractivity contribution in [2.75, 3.05) is 13.7 Å². The van der Waals surface area contributed by atoms with E-state index in [1.165, 1.54) is 5.56 Å². The van der Waals surface area contributed by atoms with Crippen LogP contribution in [0.3, 0.4) is 0 Å². The molecule has 1 aromatic rings. The molecule has 0 fully saturated rings. The van der Waals surface area contributed by atoms with Crippen LogP contribution in [0.1, 0.15) is 46.6 Å². The largest absolute Gasteiger partial charge is 0.493 e. The SMILES string of the molecule is CCOc1cc2c(cc1OC)C(C)(C)CC(C)(C)O2. The van der Waals surface area contributed by atoms with E-state index in [0.717, 1.165) is 23.7 Å². The summed E-state index contributed by atoms with van der Waals surface area (Å²) >= 11 is 0. The molecule has 3 heteroatoms. The van der Waals surface area contributed by atoms with Crippen LogP contribution in [0.4, 0.5) is 0 Å². The molecule has 1 aliphatic heterocycles. The number of ether oxygens (including phenoxy) is 3. The molecule has 0 saturated carbocycles. The van der Waals surface area contributed by atoms with Gasteiger partial charge in [0.1, 0.15) is 11.4 Å². The topological polar surface area (TPSA) is 27.7 Å². The van der Waals surface area contributed by atoms with Gasteiger partial charge in [-0.15, -0.1) is 0 Å². The minimum atomic E-state index is -0.158. The fourth-order valence-electron chi connectivity index (χ4n) is 3.08. The fourth-order valence-corrected chi connectivity index (χ4v) is 3.08. The molecule has 0 unspecified atom stereocenters. The predicted molar refractivity (Wildman–Crippen MR) is 76.5 cm³/mol. The van der Waals surface area contributed by atoms with Crippen molar-refractivity contribution >= 4 is 0 Å². The van der Waals surface area contributed by atoms with Crippen LogP contribution < -0.4 is 14.2 Å². The molecule has 0 aliphatic carbocycles. The lowest BCUT2D eigenvalue weighted by Crippen LogP contribution is -2.41. The van der Waals surface area contributed by atoms with Gasteiger partial charge in [0, 0.05) is 11.6 Å². The monoisotopic (exact) mass is 264 g/mol. The lowest BCUT2D eigenvalue weighted by molar-refractivity contribution is 0.0528. The summed E-state index contributed by atoms with van der Waals surface area (Å²) in [5.41, 5.74) is 1.09.